The number of hydrogen-bond donors (Lipinski definition) is 2. The molecule has 0 unspecified atom stereocenters. The van der Waals surface area contributed by atoms with Gasteiger partial charge in [-0.3, -0.25) is 0 Å². The Morgan fingerprint density at radius 3 is 2.55 bits per heavy atom. The van der Waals surface area contributed by atoms with E-state index in [2.05, 4.69) is 5.32 Å². The van der Waals surface area contributed by atoms with Crippen molar-refractivity contribution in [3.8, 4) is 11.5 Å². The minimum atomic E-state index is 0.285. The molecule has 0 amide bonds. The summed E-state index contributed by atoms with van der Waals surface area (Å²) in [5.41, 5.74) is 0. The predicted molar refractivity (Wildman–Crippen MR) is 85.0 cm³/mol. The van der Waals surface area contributed by atoms with Gasteiger partial charge in [0.15, 0.2) is 11.5 Å². The van der Waals surface area contributed by atoms with Crippen molar-refractivity contribution in [3.63, 3.8) is 0 Å². The number of para-hydroxylation sites is 2. The molecular weight excluding hydrogens is 274 g/mol. The van der Waals surface area contributed by atoms with Gasteiger partial charge in [-0.05, 0) is 31.2 Å². The van der Waals surface area contributed by atoms with Crippen LogP contribution in [0, 0.1) is 0 Å². The average molecular weight is 299 g/mol. The standard InChI is InChI=1S/C15H25NO3S/c1-2-18-14-6-3-4-7-15(14)19-11-8-16-9-13-20-12-5-10-17/h3-4,6-7,16-17H,2,5,8-13H2,1H3. The first-order valence-electron chi connectivity index (χ1n) is 7.12. The van der Waals surface area contributed by atoms with Crippen LogP contribution in [-0.4, -0.2) is 49.5 Å². The van der Waals surface area contributed by atoms with Crippen LogP contribution in [0.5, 0.6) is 11.5 Å². The van der Waals surface area contributed by atoms with Crippen LogP contribution < -0.4 is 14.8 Å². The number of ether oxygens (including phenoxy) is 2. The van der Waals surface area contributed by atoms with E-state index in [4.69, 9.17) is 14.6 Å². The first kappa shape index (κ1) is 17.1. The number of rotatable bonds is 12. The molecule has 20 heavy (non-hydrogen) atoms. The van der Waals surface area contributed by atoms with E-state index in [0.29, 0.717) is 13.2 Å². The highest BCUT2D eigenvalue weighted by atomic mass is 32.2. The van der Waals surface area contributed by atoms with E-state index in [9.17, 15) is 0 Å². The van der Waals surface area contributed by atoms with Crippen molar-refractivity contribution in [2.45, 2.75) is 13.3 Å². The lowest BCUT2D eigenvalue weighted by atomic mass is 10.3. The third-order valence-corrected chi connectivity index (χ3v) is 3.63. The molecule has 1 aromatic rings. The van der Waals surface area contributed by atoms with Crippen molar-refractivity contribution < 1.29 is 14.6 Å². The third kappa shape index (κ3) is 7.62. The third-order valence-electron chi connectivity index (χ3n) is 2.56. The van der Waals surface area contributed by atoms with Gasteiger partial charge in [0, 0.05) is 25.4 Å². The lowest BCUT2D eigenvalue weighted by Gasteiger charge is -2.11. The summed E-state index contributed by atoms with van der Waals surface area (Å²) < 4.78 is 11.2. The average Bonchev–Trinajstić information content (AvgIpc) is 2.47. The molecule has 0 aromatic heterocycles. The summed E-state index contributed by atoms with van der Waals surface area (Å²) in [4.78, 5) is 0. The van der Waals surface area contributed by atoms with Crippen molar-refractivity contribution in [1.82, 2.24) is 5.32 Å². The van der Waals surface area contributed by atoms with Gasteiger partial charge in [-0.1, -0.05) is 12.1 Å². The highest BCUT2D eigenvalue weighted by Gasteiger charge is 2.02. The number of thioether (sulfide) groups is 1. The van der Waals surface area contributed by atoms with Crippen molar-refractivity contribution in [2.75, 3.05) is 44.4 Å². The summed E-state index contributed by atoms with van der Waals surface area (Å²) in [5.74, 6) is 3.69. The summed E-state index contributed by atoms with van der Waals surface area (Å²) in [6.45, 7) is 5.31. The molecule has 0 heterocycles. The second kappa shape index (κ2) is 11.9. The van der Waals surface area contributed by atoms with E-state index in [1.807, 2.05) is 43.0 Å². The zero-order valence-electron chi connectivity index (χ0n) is 12.1. The molecule has 114 valence electrons. The predicted octanol–water partition coefficient (Wildman–Crippen LogP) is 2.17. The van der Waals surface area contributed by atoms with E-state index in [1.54, 1.807) is 0 Å². The maximum absolute atomic E-state index is 8.65. The Balaban J connectivity index is 2.06. The van der Waals surface area contributed by atoms with Crippen molar-refractivity contribution in [2.24, 2.45) is 0 Å². The van der Waals surface area contributed by atoms with Crippen molar-refractivity contribution in [1.29, 1.82) is 0 Å². The second-order valence-electron chi connectivity index (χ2n) is 4.17. The number of aliphatic hydroxyl groups is 1. The van der Waals surface area contributed by atoms with Gasteiger partial charge in [0.25, 0.3) is 0 Å². The molecular formula is C15H25NO3S. The maximum atomic E-state index is 8.65. The minimum Gasteiger partial charge on any atom is -0.490 e. The summed E-state index contributed by atoms with van der Waals surface area (Å²) in [7, 11) is 0. The molecule has 1 rings (SSSR count). The molecule has 0 saturated carbocycles. The molecule has 0 aliphatic rings. The Bertz CT molecular complexity index is 350. The van der Waals surface area contributed by atoms with Crippen LogP contribution in [0.3, 0.4) is 0 Å². The highest BCUT2D eigenvalue weighted by molar-refractivity contribution is 7.99. The van der Waals surface area contributed by atoms with Gasteiger partial charge in [-0.15, -0.1) is 0 Å². The van der Waals surface area contributed by atoms with Gasteiger partial charge >= 0.3 is 0 Å². The molecule has 2 N–H and O–H groups in total. The quantitative estimate of drug-likeness (QED) is 0.579. The number of nitrogens with one attached hydrogen (secondary N) is 1. The van der Waals surface area contributed by atoms with E-state index < -0.39 is 0 Å². The summed E-state index contributed by atoms with van der Waals surface area (Å²) in [5, 5.41) is 12.0. The van der Waals surface area contributed by atoms with Crippen molar-refractivity contribution in [3.05, 3.63) is 24.3 Å². The fraction of sp³-hybridized carbons (Fsp3) is 0.600. The Hall–Kier alpha value is -0.910. The van der Waals surface area contributed by atoms with Crippen LogP contribution in [0.15, 0.2) is 24.3 Å². The zero-order chi connectivity index (χ0) is 14.5. The van der Waals surface area contributed by atoms with E-state index in [-0.39, 0.29) is 6.61 Å². The zero-order valence-corrected chi connectivity index (χ0v) is 13.0. The fourth-order valence-corrected chi connectivity index (χ4v) is 2.44. The molecule has 0 radical (unpaired) electrons. The molecule has 0 aliphatic heterocycles. The van der Waals surface area contributed by atoms with Crippen LogP contribution in [0.4, 0.5) is 0 Å². The number of hydrogen-bond acceptors (Lipinski definition) is 5. The van der Waals surface area contributed by atoms with Gasteiger partial charge < -0.3 is 19.9 Å². The number of aliphatic hydroxyl groups excluding tert-OH is 1. The molecule has 0 atom stereocenters. The number of benzene rings is 1. The topological polar surface area (TPSA) is 50.7 Å². The van der Waals surface area contributed by atoms with Gasteiger partial charge in [0.2, 0.25) is 0 Å². The Labute approximate surface area is 125 Å². The van der Waals surface area contributed by atoms with Gasteiger partial charge in [-0.25, -0.2) is 0 Å². The smallest absolute Gasteiger partial charge is 0.161 e. The van der Waals surface area contributed by atoms with Gasteiger partial charge in [-0.2, -0.15) is 11.8 Å². The molecule has 4 nitrogen and oxygen atoms in total. The Kier molecular flexibility index (Phi) is 10.2. The first-order chi connectivity index (χ1) is 9.88. The molecule has 1 aromatic carbocycles. The van der Waals surface area contributed by atoms with Gasteiger partial charge in [0.1, 0.15) is 6.61 Å². The Morgan fingerprint density at radius 2 is 1.85 bits per heavy atom. The minimum absolute atomic E-state index is 0.285. The first-order valence-corrected chi connectivity index (χ1v) is 8.28. The van der Waals surface area contributed by atoms with E-state index in [0.717, 1.165) is 42.5 Å². The van der Waals surface area contributed by atoms with Gasteiger partial charge in [0.05, 0.1) is 6.61 Å². The largest absolute Gasteiger partial charge is 0.490 e. The molecule has 0 saturated heterocycles. The summed E-state index contributed by atoms with van der Waals surface area (Å²) in [6.07, 6.45) is 0.877. The van der Waals surface area contributed by atoms with E-state index in [1.165, 1.54) is 0 Å². The maximum Gasteiger partial charge on any atom is 0.161 e. The SMILES string of the molecule is CCOc1ccccc1OCCNCCSCCCO. The van der Waals surface area contributed by atoms with Crippen molar-refractivity contribution >= 4 is 11.8 Å². The van der Waals surface area contributed by atoms with Crippen LogP contribution in [-0.2, 0) is 0 Å². The summed E-state index contributed by atoms with van der Waals surface area (Å²) in [6, 6.07) is 7.74. The van der Waals surface area contributed by atoms with Crippen LogP contribution in [0.25, 0.3) is 0 Å². The van der Waals surface area contributed by atoms with Crippen LogP contribution in [0.2, 0.25) is 0 Å². The molecule has 0 bridgehead atoms. The highest BCUT2D eigenvalue weighted by Crippen LogP contribution is 2.25. The van der Waals surface area contributed by atoms with Crippen LogP contribution >= 0.6 is 11.8 Å². The lowest BCUT2D eigenvalue weighted by molar-refractivity contribution is 0.276. The second-order valence-corrected chi connectivity index (χ2v) is 5.39. The monoisotopic (exact) mass is 299 g/mol. The van der Waals surface area contributed by atoms with E-state index >= 15 is 0 Å². The lowest BCUT2D eigenvalue weighted by Crippen LogP contribution is -2.23. The molecule has 5 heteroatoms. The normalized spacial score (nSPS) is 10.5. The Morgan fingerprint density at radius 1 is 1.10 bits per heavy atom. The summed E-state index contributed by atoms with van der Waals surface area (Å²) >= 11 is 1.86. The fourth-order valence-electron chi connectivity index (χ4n) is 1.62. The molecule has 0 aliphatic carbocycles. The molecule has 0 spiro atoms. The van der Waals surface area contributed by atoms with Crippen LogP contribution in [0.1, 0.15) is 13.3 Å². The molecule has 0 fully saturated rings.